The maximum atomic E-state index is 4.70. The Hall–Kier alpha value is -2.35. The van der Waals surface area contributed by atoms with E-state index < -0.39 is 0 Å². The van der Waals surface area contributed by atoms with E-state index in [0.717, 1.165) is 13.0 Å². The van der Waals surface area contributed by atoms with Crippen LogP contribution in [-0.2, 0) is 0 Å². The summed E-state index contributed by atoms with van der Waals surface area (Å²) < 4.78 is 0. The van der Waals surface area contributed by atoms with Gasteiger partial charge >= 0.3 is 0 Å². The van der Waals surface area contributed by atoms with Crippen LogP contribution in [0, 0.1) is 0 Å². The molecule has 0 spiro atoms. The van der Waals surface area contributed by atoms with Crippen LogP contribution < -0.4 is 0 Å². The molecule has 0 saturated carbocycles. The van der Waals surface area contributed by atoms with E-state index in [-0.39, 0.29) is 0 Å². The number of unbranched alkanes of at least 4 members (excludes halogenated alkanes) is 1. The molecule has 2 nitrogen and oxygen atoms in total. The quantitative estimate of drug-likeness (QED) is 0.531. The average molecular weight is 318 g/mol. The van der Waals surface area contributed by atoms with Gasteiger partial charge < -0.3 is 4.90 Å². The van der Waals surface area contributed by atoms with Crippen molar-refractivity contribution in [2.75, 3.05) is 20.6 Å². The van der Waals surface area contributed by atoms with Gasteiger partial charge in [0, 0.05) is 44.0 Å². The SMILES string of the molecule is CCCCN=Cc1c(C2C=CC=C2N(C)C)ccc2ccccc12. The number of hydrogen-bond acceptors (Lipinski definition) is 2. The lowest BCUT2D eigenvalue weighted by molar-refractivity contribution is 0.487. The fourth-order valence-electron chi connectivity index (χ4n) is 3.29. The van der Waals surface area contributed by atoms with Crippen molar-refractivity contribution in [2.24, 2.45) is 4.99 Å². The van der Waals surface area contributed by atoms with Crippen molar-refractivity contribution < 1.29 is 0 Å². The molecule has 0 radical (unpaired) electrons. The zero-order valence-corrected chi connectivity index (χ0v) is 14.9. The van der Waals surface area contributed by atoms with Crippen LogP contribution in [0.25, 0.3) is 10.8 Å². The Labute approximate surface area is 145 Å². The van der Waals surface area contributed by atoms with Crippen molar-refractivity contribution in [3.8, 4) is 0 Å². The highest BCUT2D eigenvalue weighted by Crippen LogP contribution is 2.35. The lowest BCUT2D eigenvalue weighted by Gasteiger charge is -2.23. The second kappa shape index (κ2) is 7.48. The van der Waals surface area contributed by atoms with Crippen LogP contribution in [0.3, 0.4) is 0 Å². The number of rotatable bonds is 6. The summed E-state index contributed by atoms with van der Waals surface area (Å²) in [7, 11) is 4.23. The van der Waals surface area contributed by atoms with E-state index in [2.05, 4.69) is 86.8 Å². The number of hydrogen-bond donors (Lipinski definition) is 0. The first-order valence-corrected chi connectivity index (χ1v) is 8.79. The first-order valence-electron chi connectivity index (χ1n) is 8.79. The standard InChI is InChI=1S/C22H26N2/c1-4-5-15-23-16-21-18-10-7-6-9-17(18)13-14-19(21)20-11-8-12-22(20)24(2)3/h6-14,16,20H,4-5,15H2,1-3H3. The Morgan fingerprint density at radius 3 is 2.75 bits per heavy atom. The third-order valence-corrected chi connectivity index (χ3v) is 4.61. The fraction of sp³-hybridized carbons (Fsp3) is 0.318. The summed E-state index contributed by atoms with van der Waals surface area (Å²) in [6.07, 6.45) is 11.1. The third-order valence-electron chi connectivity index (χ3n) is 4.61. The van der Waals surface area contributed by atoms with Crippen molar-refractivity contribution in [3.05, 3.63) is 71.5 Å². The summed E-state index contributed by atoms with van der Waals surface area (Å²) in [6, 6.07) is 13.1. The highest BCUT2D eigenvalue weighted by Gasteiger charge is 2.21. The molecular weight excluding hydrogens is 292 g/mol. The number of allylic oxidation sites excluding steroid dienone is 3. The lowest BCUT2D eigenvalue weighted by Crippen LogP contribution is -2.16. The van der Waals surface area contributed by atoms with Crippen molar-refractivity contribution in [1.82, 2.24) is 4.90 Å². The van der Waals surface area contributed by atoms with Crippen LogP contribution in [0.1, 0.15) is 36.8 Å². The van der Waals surface area contributed by atoms with Gasteiger partial charge in [-0.05, 0) is 28.8 Å². The largest absolute Gasteiger partial charge is 0.380 e. The number of benzene rings is 2. The number of nitrogens with zero attached hydrogens (tertiary/aromatic N) is 2. The van der Waals surface area contributed by atoms with E-state index in [9.17, 15) is 0 Å². The number of aliphatic imine (C=N–C) groups is 1. The third kappa shape index (κ3) is 3.28. The monoisotopic (exact) mass is 318 g/mol. The van der Waals surface area contributed by atoms with Crippen LogP contribution in [0.4, 0.5) is 0 Å². The smallest absolute Gasteiger partial charge is 0.0429 e. The van der Waals surface area contributed by atoms with Crippen molar-refractivity contribution in [2.45, 2.75) is 25.7 Å². The summed E-state index contributed by atoms with van der Waals surface area (Å²) in [6.45, 7) is 3.10. The van der Waals surface area contributed by atoms with Gasteiger partial charge in [-0.2, -0.15) is 0 Å². The van der Waals surface area contributed by atoms with E-state index >= 15 is 0 Å². The van der Waals surface area contributed by atoms with E-state index in [1.807, 2.05) is 0 Å². The van der Waals surface area contributed by atoms with E-state index in [1.54, 1.807) is 0 Å². The van der Waals surface area contributed by atoms with E-state index in [4.69, 9.17) is 4.99 Å². The van der Waals surface area contributed by atoms with Crippen molar-refractivity contribution in [3.63, 3.8) is 0 Å². The molecular formula is C22H26N2. The minimum Gasteiger partial charge on any atom is -0.380 e. The molecule has 1 unspecified atom stereocenters. The first-order chi connectivity index (χ1) is 11.7. The molecule has 0 fully saturated rings. The maximum absolute atomic E-state index is 4.70. The molecule has 1 atom stereocenters. The second-order valence-electron chi connectivity index (χ2n) is 6.53. The zero-order valence-electron chi connectivity index (χ0n) is 14.9. The number of fused-ring (bicyclic) bond motifs is 1. The minimum absolute atomic E-state index is 0.303. The summed E-state index contributed by atoms with van der Waals surface area (Å²) in [5, 5.41) is 2.56. The Balaban J connectivity index is 2.08. The molecule has 0 aliphatic heterocycles. The summed E-state index contributed by atoms with van der Waals surface area (Å²) in [5.41, 5.74) is 3.92. The highest BCUT2D eigenvalue weighted by molar-refractivity contribution is 6.01. The Kier molecular flexibility index (Phi) is 5.14. The van der Waals surface area contributed by atoms with Gasteiger partial charge in [-0.3, -0.25) is 4.99 Å². The zero-order chi connectivity index (χ0) is 16.9. The predicted molar refractivity (Wildman–Crippen MR) is 105 cm³/mol. The molecule has 1 aliphatic carbocycles. The van der Waals surface area contributed by atoms with Gasteiger partial charge in [0.05, 0.1) is 0 Å². The van der Waals surface area contributed by atoms with Gasteiger partial charge in [0.2, 0.25) is 0 Å². The Bertz CT molecular complexity index is 797. The molecule has 0 amide bonds. The molecule has 3 rings (SSSR count). The predicted octanol–water partition coefficient (Wildman–Crippen LogP) is 5.16. The van der Waals surface area contributed by atoms with E-state index in [1.165, 1.54) is 34.0 Å². The molecule has 0 heterocycles. The van der Waals surface area contributed by atoms with Gasteiger partial charge in [-0.25, -0.2) is 0 Å². The first kappa shape index (κ1) is 16.5. The van der Waals surface area contributed by atoms with E-state index in [0.29, 0.717) is 5.92 Å². The molecule has 0 N–H and O–H groups in total. The molecule has 2 aromatic rings. The van der Waals surface area contributed by atoms with Gasteiger partial charge in [0.25, 0.3) is 0 Å². The normalized spacial score (nSPS) is 17.0. The molecule has 2 aromatic carbocycles. The fourth-order valence-corrected chi connectivity index (χ4v) is 3.29. The second-order valence-corrected chi connectivity index (χ2v) is 6.53. The van der Waals surface area contributed by atoms with Crippen molar-refractivity contribution in [1.29, 1.82) is 0 Å². The maximum Gasteiger partial charge on any atom is 0.0429 e. The molecule has 0 aromatic heterocycles. The summed E-state index contributed by atoms with van der Waals surface area (Å²) >= 11 is 0. The molecule has 0 bridgehead atoms. The molecule has 2 heteroatoms. The van der Waals surface area contributed by atoms with Gasteiger partial charge in [-0.15, -0.1) is 0 Å². The minimum atomic E-state index is 0.303. The molecule has 24 heavy (non-hydrogen) atoms. The molecule has 1 aliphatic rings. The van der Waals surface area contributed by atoms with Crippen molar-refractivity contribution >= 4 is 17.0 Å². The summed E-state index contributed by atoms with van der Waals surface area (Å²) in [5.74, 6) is 0.303. The van der Waals surface area contributed by atoms with Crippen LogP contribution in [-0.4, -0.2) is 31.8 Å². The van der Waals surface area contributed by atoms with Crippen LogP contribution in [0.15, 0.2) is 65.3 Å². The Morgan fingerprint density at radius 2 is 1.96 bits per heavy atom. The highest BCUT2D eigenvalue weighted by atomic mass is 15.1. The molecule has 0 saturated heterocycles. The average Bonchev–Trinajstić information content (AvgIpc) is 3.08. The van der Waals surface area contributed by atoms with Gasteiger partial charge in [0.1, 0.15) is 0 Å². The number of likely N-dealkylation sites (N-methyl/N-ethyl adjacent to an activating group) is 1. The summed E-state index contributed by atoms with van der Waals surface area (Å²) in [4.78, 5) is 6.91. The van der Waals surface area contributed by atoms with Crippen LogP contribution in [0.2, 0.25) is 0 Å². The topological polar surface area (TPSA) is 15.6 Å². The Morgan fingerprint density at radius 1 is 1.12 bits per heavy atom. The van der Waals surface area contributed by atoms with Gasteiger partial charge in [0.15, 0.2) is 0 Å². The lowest BCUT2D eigenvalue weighted by atomic mass is 9.89. The van der Waals surface area contributed by atoms with Crippen LogP contribution >= 0.6 is 0 Å². The van der Waals surface area contributed by atoms with Crippen LogP contribution in [0.5, 0.6) is 0 Å². The molecule has 124 valence electrons. The van der Waals surface area contributed by atoms with Gasteiger partial charge in [-0.1, -0.05) is 61.9 Å².